The largest absolute Gasteiger partial charge is 0.491 e. The molecule has 0 heterocycles. The first-order valence-electron chi connectivity index (χ1n) is 7.13. The zero-order valence-corrected chi connectivity index (χ0v) is 12.2. The normalized spacial score (nSPS) is 10.1. The van der Waals surface area contributed by atoms with Gasteiger partial charge in [-0.1, -0.05) is 24.3 Å². The van der Waals surface area contributed by atoms with Gasteiger partial charge in [0.05, 0.1) is 25.5 Å². The SMILES string of the molecule is CCOc1ccccc1OCCCOc1ccccc1N. The third-order valence-corrected chi connectivity index (χ3v) is 2.87. The summed E-state index contributed by atoms with van der Waals surface area (Å²) in [6.45, 7) is 3.70. The monoisotopic (exact) mass is 287 g/mol. The van der Waals surface area contributed by atoms with Crippen molar-refractivity contribution in [2.24, 2.45) is 0 Å². The highest BCUT2D eigenvalue weighted by Crippen LogP contribution is 2.26. The molecule has 4 nitrogen and oxygen atoms in total. The van der Waals surface area contributed by atoms with Crippen LogP contribution in [0.3, 0.4) is 0 Å². The smallest absolute Gasteiger partial charge is 0.161 e. The van der Waals surface area contributed by atoms with Gasteiger partial charge in [0.1, 0.15) is 5.75 Å². The fourth-order valence-corrected chi connectivity index (χ4v) is 1.88. The van der Waals surface area contributed by atoms with Crippen LogP contribution in [0.1, 0.15) is 13.3 Å². The lowest BCUT2D eigenvalue weighted by Crippen LogP contribution is -2.06. The van der Waals surface area contributed by atoms with Crippen LogP contribution >= 0.6 is 0 Å². The molecular weight excluding hydrogens is 266 g/mol. The van der Waals surface area contributed by atoms with Gasteiger partial charge in [0, 0.05) is 6.42 Å². The Hall–Kier alpha value is -2.36. The van der Waals surface area contributed by atoms with E-state index in [1.165, 1.54) is 0 Å². The number of ether oxygens (including phenoxy) is 3. The standard InChI is InChI=1S/C17H21NO3/c1-2-19-16-10-5-6-11-17(16)21-13-7-12-20-15-9-4-3-8-14(15)18/h3-6,8-11H,2,7,12-13,18H2,1H3. The average molecular weight is 287 g/mol. The van der Waals surface area contributed by atoms with Gasteiger partial charge in [-0.25, -0.2) is 0 Å². The Morgan fingerprint density at radius 1 is 0.762 bits per heavy atom. The predicted octanol–water partition coefficient (Wildman–Crippen LogP) is 3.52. The summed E-state index contributed by atoms with van der Waals surface area (Å²) >= 11 is 0. The molecule has 0 aromatic heterocycles. The van der Waals surface area contributed by atoms with E-state index < -0.39 is 0 Å². The molecule has 112 valence electrons. The van der Waals surface area contributed by atoms with Crippen LogP contribution in [0, 0.1) is 0 Å². The highest BCUT2D eigenvalue weighted by atomic mass is 16.5. The molecule has 0 aliphatic rings. The number of benzene rings is 2. The molecule has 2 rings (SSSR count). The zero-order chi connectivity index (χ0) is 14.9. The topological polar surface area (TPSA) is 53.7 Å². The first kappa shape index (κ1) is 15.0. The molecule has 0 saturated heterocycles. The van der Waals surface area contributed by atoms with Crippen LogP contribution in [0.5, 0.6) is 17.2 Å². The van der Waals surface area contributed by atoms with Crippen LogP contribution < -0.4 is 19.9 Å². The van der Waals surface area contributed by atoms with Gasteiger partial charge in [0.2, 0.25) is 0 Å². The second-order valence-corrected chi connectivity index (χ2v) is 4.47. The van der Waals surface area contributed by atoms with Crippen molar-refractivity contribution in [2.45, 2.75) is 13.3 Å². The van der Waals surface area contributed by atoms with Crippen LogP contribution in [0.15, 0.2) is 48.5 Å². The highest BCUT2D eigenvalue weighted by Gasteiger charge is 2.03. The zero-order valence-electron chi connectivity index (χ0n) is 12.2. The lowest BCUT2D eigenvalue weighted by Gasteiger charge is -2.12. The number of para-hydroxylation sites is 4. The van der Waals surface area contributed by atoms with Crippen molar-refractivity contribution >= 4 is 5.69 Å². The Morgan fingerprint density at radius 2 is 1.29 bits per heavy atom. The minimum absolute atomic E-state index is 0.561. The molecule has 0 radical (unpaired) electrons. The number of hydrogen-bond donors (Lipinski definition) is 1. The highest BCUT2D eigenvalue weighted by molar-refractivity contribution is 5.51. The molecule has 0 saturated carbocycles. The van der Waals surface area contributed by atoms with Crippen molar-refractivity contribution in [1.29, 1.82) is 0 Å². The molecule has 0 aliphatic heterocycles. The van der Waals surface area contributed by atoms with E-state index in [0.29, 0.717) is 31.3 Å². The van der Waals surface area contributed by atoms with E-state index in [1.54, 1.807) is 0 Å². The Balaban J connectivity index is 1.74. The number of nitrogens with two attached hydrogens (primary N) is 1. The third-order valence-electron chi connectivity index (χ3n) is 2.87. The molecular formula is C17H21NO3. The van der Waals surface area contributed by atoms with Crippen molar-refractivity contribution in [3.8, 4) is 17.2 Å². The maximum absolute atomic E-state index is 5.81. The Kier molecular flexibility index (Phi) is 5.76. The summed E-state index contributed by atoms with van der Waals surface area (Å²) < 4.78 is 16.8. The predicted molar refractivity (Wildman–Crippen MR) is 84.1 cm³/mol. The van der Waals surface area contributed by atoms with Crippen LogP contribution in [0.25, 0.3) is 0 Å². The first-order valence-corrected chi connectivity index (χ1v) is 7.13. The fourth-order valence-electron chi connectivity index (χ4n) is 1.88. The van der Waals surface area contributed by atoms with Gasteiger partial charge < -0.3 is 19.9 Å². The number of anilines is 1. The summed E-state index contributed by atoms with van der Waals surface area (Å²) in [7, 11) is 0. The molecule has 0 atom stereocenters. The molecule has 0 unspecified atom stereocenters. The second kappa shape index (κ2) is 8.04. The van der Waals surface area contributed by atoms with Gasteiger partial charge in [0.15, 0.2) is 11.5 Å². The molecule has 0 spiro atoms. The van der Waals surface area contributed by atoms with Crippen LogP contribution in [-0.4, -0.2) is 19.8 Å². The van der Waals surface area contributed by atoms with Crippen LogP contribution in [0.2, 0.25) is 0 Å². The molecule has 0 fully saturated rings. The molecule has 2 N–H and O–H groups in total. The van der Waals surface area contributed by atoms with Gasteiger partial charge >= 0.3 is 0 Å². The number of nitrogen functional groups attached to an aromatic ring is 1. The van der Waals surface area contributed by atoms with Crippen LogP contribution in [0.4, 0.5) is 5.69 Å². The summed E-state index contributed by atoms with van der Waals surface area (Å²) in [4.78, 5) is 0. The molecule has 2 aromatic carbocycles. The van der Waals surface area contributed by atoms with E-state index in [0.717, 1.165) is 17.9 Å². The molecule has 0 amide bonds. The van der Waals surface area contributed by atoms with E-state index in [2.05, 4.69) is 0 Å². The lowest BCUT2D eigenvalue weighted by atomic mass is 10.3. The van der Waals surface area contributed by atoms with E-state index in [1.807, 2.05) is 55.5 Å². The Labute approximate surface area is 125 Å². The summed E-state index contributed by atoms with van der Waals surface area (Å²) in [6.07, 6.45) is 0.773. The van der Waals surface area contributed by atoms with E-state index in [4.69, 9.17) is 19.9 Å². The Bertz CT molecular complexity index is 557. The van der Waals surface area contributed by atoms with Gasteiger partial charge in [-0.15, -0.1) is 0 Å². The van der Waals surface area contributed by atoms with Gasteiger partial charge in [-0.3, -0.25) is 0 Å². The van der Waals surface area contributed by atoms with Gasteiger partial charge in [0.25, 0.3) is 0 Å². The second-order valence-electron chi connectivity index (χ2n) is 4.47. The number of hydrogen-bond acceptors (Lipinski definition) is 4. The van der Waals surface area contributed by atoms with Crippen molar-refractivity contribution in [2.75, 3.05) is 25.6 Å². The molecule has 0 aliphatic carbocycles. The van der Waals surface area contributed by atoms with Crippen molar-refractivity contribution in [3.05, 3.63) is 48.5 Å². The number of rotatable bonds is 8. The average Bonchev–Trinajstić information content (AvgIpc) is 2.50. The third kappa shape index (κ3) is 4.60. The molecule has 4 heteroatoms. The minimum atomic E-state index is 0.561. The maximum atomic E-state index is 5.81. The van der Waals surface area contributed by atoms with Gasteiger partial charge in [-0.2, -0.15) is 0 Å². The lowest BCUT2D eigenvalue weighted by molar-refractivity contribution is 0.236. The molecule has 21 heavy (non-hydrogen) atoms. The van der Waals surface area contributed by atoms with E-state index >= 15 is 0 Å². The maximum Gasteiger partial charge on any atom is 0.161 e. The van der Waals surface area contributed by atoms with E-state index in [9.17, 15) is 0 Å². The van der Waals surface area contributed by atoms with Crippen molar-refractivity contribution < 1.29 is 14.2 Å². The first-order chi connectivity index (χ1) is 10.3. The van der Waals surface area contributed by atoms with Gasteiger partial charge in [-0.05, 0) is 31.2 Å². The summed E-state index contributed by atoms with van der Waals surface area (Å²) in [5.41, 5.74) is 6.46. The summed E-state index contributed by atoms with van der Waals surface area (Å²) in [5.74, 6) is 2.25. The molecule has 2 aromatic rings. The van der Waals surface area contributed by atoms with Crippen LogP contribution in [-0.2, 0) is 0 Å². The minimum Gasteiger partial charge on any atom is -0.491 e. The Morgan fingerprint density at radius 3 is 1.90 bits per heavy atom. The fraction of sp³-hybridized carbons (Fsp3) is 0.294. The summed E-state index contributed by atoms with van der Waals surface area (Å²) in [5, 5.41) is 0. The van der Waals surface area contributed by atoms with Crippen molar-refractivity contribution in [1.82, 2.24) is 0 Å². The molecule has 0 bridgehead atoms. The van der Waals surface area contributed by atoms with E-state index in [-0.39, 0.29) is 0 Å². The quantitative estimate of drug-likeness (QED) is 0.596. The van der Waals surface area contributed by atoms with Crippen molar-refractivity contribution in [3.63, 3.8) is 0 Å². The summed E-state index contributed by atoms with van der Waals surface area (Å²) in [6, 6.07) is 15.1.